The summed E-state index contributed by atoms with van der Waals surface area (Å²) in [5.74, 6) is 0.979. The maximum absolute atomic E-state index is 10.3. The molecule has 0 amide bonds. The fraction of sp³-hybridized carbons (Fsp3) is 0.118. The number of para-hydroxylation sites is 2. The van der Waals surface area contributed by atoms with Gasteiger partial charge in [0.2, 0.25) is 0 Å². The van der Waals surface area contributed by atoms with Crippen LogP contribution in [0.25, 0.3) is 16.6 Å². The lowest BCUT2D eigenvalue weighted by Gasteiger charge is -2.18. The molecule has 0 radical (unpaired) electrons. The second-order valence-corrected chi connectivity index (χ2v) is 5.48. The van der Waals surface area contributed by atoms with Crippen molar-refractivity contribution < 1.29 is 5.11 Å². The standard InChI is InChI=1S/C17H15N5O/c18-16-15(17-20-12-3-1-2-4-13(12)21-17)14(23)10-22(16)9-11-5-7-19-8-6-11/h1-8,18,23H,9-10H2,(H,20,21). The fourth-order valence-electron chi connectivity index (χ4n) is 2.80. The topological polar surface area (TPSA) is 88.9 Å². The summed E-state index contributed by atoms with van der Waals surface area (Å²) >= 11 is 0. The van der Waals surface area contributed by atoms with Crippen LogP contribution in [0.15, 0.2) is 54.6 Å². The second kappa shape index (κ2) is 5.24. The lowest BCUT2D eigenvalue weighted by molar-refractivity contribution is 0.347. The summed E-state index contributed by atoms with van der Waals surface area (Å²) in [6.07, 6.45) is 3.45. The van der Waals surface area contributed by atoms with E-state index in [9.17, 15) is 5.11 Å². The SMILES string of the molecule is N=C1C(c2nc3ccccc3[nH]2)=C(O)CN1Cc1ccncc1. The van der Waals surface area contributed by atoms with Crippen molar-refractivity contribution in [3.05, 3.63) is 65.9 Å². The van der Waals surface area contributed by atoms with Crippen LogP contribution in [0.5, 0.6) is 0 Å². The summed E-state index contributed by atoms with van der Waals surface area (Å²) < 4.78 is 0. The average molecular weight is 305 g/mol. The molecule has 2 aromatic heterocycles. The summed E-state index contributed by atoms with van der Waals surface area (Å²) in [6, 6.07) is 11.5. The van der Waals surface area contributed by atoms with Crippen molar-refractivity contribution in [2.45, 2.75) is 6.54 Å². The van der Waals surface area contributed by atoms with Crippen LogP contribution in [-0.2, 0) is 6.54 Å². The van der Waals surface area contributed by atoms with Crippen molar-refractivity contribution in [3.8, 4) is 0 Å². The van der Waals surface area contributed by atoms with E-state index in [4.69, 9.17) is 5.41 Å². The lowest BCUT2D eigenvalue weighted by Crippen LogP contribution is -2.26. The van der Waals surface area contributed by atoms with E-state index >= 15 is 0 Å². The minimum Gasteiger partial charge on any atom is -0.510 e. The monoisotopic (exact) mass is 305 g/mol. The van der Waals surface area contributed by atoms with Gasteiger partial charge in [-0.1, -0.05) is 12.1 Å². The number of aromatic nitrogens is 3. The lowest BCUT2D eigenvalue weighted by atomic mass is 10.2. The zero-order chi connectivity index (χ0) is 15.8. The number of nitrogens with one attached hydrogen (secondary N) is 2. The molecule has 1 aliphatic rings. The van der Waals surface area contributed by atoms with Gasteiger partial charge in [0.25, 0.3) is 0 Å². The van der Waals surface area contributed by atoms with Gasteiger partial charge in [0.15, 0.2) is 0 Å². The molecule has 3 aromatic rings. The first-order valence-electron chi connectivity index (χ1n) is 7.32. The first-order valence-corrected chi connectivity index (χ1v) is 7.32. The molecular formula is C17H15N5O. The molecule has 0 saturated carbocycles. The molecule has 0 fully saturated rings. The van der Waals surface area contributed by atoms with E-state index in [1.165, 1.54) is 0 Å². The molecule has 114 valence electrons. The number of benzene rings is 1. The highest BCUT2D eigenvalue weighted by Crippen LogP contribution is 2.28. The molecule has 3 heterocycles. The van der Waals surface area contributed by atoms with Gasteiger partial charge >= 0.3 is 0 Å². The van der Waals surface area contributed by atoms with Crippen LogP contribution in [0.3, 0.4) is 0 Å². The third kappa shape index (κ3) is 2.34. The number of H-pyrrole nitrogens is 1. The Morgan fingerprint density at radius 2 is 1.96 bits per heavy atom. The number of aliphatic hydroxyl groups excluding tert-OH is 1. The fourth-order valence-corrected chi connectivity index (χ4v) is 2.80. The van der Waals surface area contributed by atoms with E-state index < -0.39 is 0 Å². The third-order valence-corrected chi connectivity index (χ3v) is 3.93. The largest absolute Gasteiger partial charge is 0.510 e. The highest BCUT2D eigenvalue weighted by atomic mass is 16.3. The summed E-state index contributed by atoms with van der Waals surface area (Å²) in [6.45, 7) is 0.864. The van der Waals surface area contributed by atoms with Gasteiger partial charge < -0.3 is 15.0 Å². The van der Waals surface area contributed by atoms with Crippen LogP contribution in [0.1, 0.15) is 11.4 Å². The van der Waals surface area contributed by atoms with Crippen LogP contribution in [0.2, 0.25) is 0 Å². The van der Waals surface area contributed by atoms with Gasteiger partial charge in [-0.05, 0) is 29.8 Å². The molecule has 0 bridgehead atoms. The summed E-state index contributed by atoms with van der Waals surface area (Å²) in [7, 11) is 0. The van der Waals surface area contributed by atoms with Gasteiger partial charge in [0.05, 0.1) is 23.2 Å². The van der Waals surface area contributed by atoms with E-state index in [2.05, 4.69) is 15.0 Å². The molecule has 0 unspecified atom stereocenters. The Balaban J connectivity index is 1.64. The molecular weight excluding hydrogens is 290 g/mol. The number of fused-ring (bicyclic) bond motifs is 1. The molecule has 0 spiro atoms. The van der Waals surface area contributed by atoms with Crippen molar-refractivity contribution in [3.63, 3.8) is 0 Å². The summed E-state index contributed by atoms with van der Waals surface area (Å²) in [5.41, 5.74) is 3.23. The average Bonchev–Trinajstić information content (AvgIpc) is 3.09. The van der Waals surface area contributed by atoms with Crippen molar-refractivity contribution in [2.75, 3.05) is 6.54 Å². The Morgan fingerprint density at radius 3 is 2.74 bits per heavy atom. The molecule has 6 nitrogen and oxygen atoms in total. The molecule has 0 atom stereocenters. The minimum atomic E-state index is 0.170. The first kappa shape index (κ1) is 13.5. The number of nitrogens with zero attached hydrogens (tertiary/aromatic N) is 3. The van der Waals surface area contributed by atoms with E-state index in [0.29, 0.717) is 24.5 Å². The number of rotatable bonds is 3. The number of aliphatic hydroxyl groups is 1. The molecule has 23 heavy (non-hydrogen) atoms. The van der Waals surface area contributed by atoms with Crippen molar-refractivity contribution in [1.29, 1.82) is 5.41 Å². The molecule has 0 saturated heterocycles. The highest BCUT2D eigenvalue weighted by molar-refractivity contribution is 6.23. The number of hydrogen-bond donors (Lipinski definition) is 3. The smallest absolute Gasteiger partial charge is 0.145 e. The van der Waals surface area contributed by atoms with Crippen LogP contribution in [0, 0.1) is 5.41 Å². The van der Waals surface area contributed by atoms with Gasteiger partial charge in [-0.2, -0.15) is 0 Å². The van der Waals surface area contributed by atoms with Gasteiger partial charge in [-0.25, -0.2) is 4.98 Å². The van der Waals surface area contributed by atoms with E-state index in [1.54, 1.807) is 12.4 Å². The van der Waals surface area contributed by atoms with Gasteiger partial charge in [0.1, 0.15) is 17.4 Å². The van der Waals surface area contributed by atoms with Crippen molar-refractivity contribution in [1.82, 2.24) is 19.9 Å². The summed E-state index contributed by atoms with van der Waals surface area (Å²) in [5, 5.41) is 18.7. The van der Waals surface area contributed by atoms with Crippen molar-refractivity contribution in [2.24, 2.45) is 0 Å². The minimum absolute atomic E-state index is 0.170. The first-order chi connectivity index (χ1) is 11.2. The Labute approximate surface area is 132 Å². The third-order valence-electron chi connectivity index (χ3n) is 3.93. The zero-order valence-corrected chi connectivity index (χ0v) is 12.3. The van der Waals surface area contributed by atoms with Gasteiger partial charge in [0, 0.05) is 18.9 Å². The Hall–Kier alpha value is -3.15. The number of amidine groups is 1. The molecule has 4 rings (SSSR count). The quantitative estimate of drug-likeness (QED) is 0.694. The van der Waals surface area contributed by atoms with E-state index in [-0.39, 0.29) is 11.6 Å². The summed E-state index contributed by atoms with van der Waals surface area (Å²) in [4.78, 5) is 13.5. The molecule has 1 aromatic carbocycles. The highest BCUT2D eigenvalue weighted by Gasteiger charge is 2.30. The maximum Gasteiger partial charge on any atom is 0.145 e. The molecule has 0 aliphatic carbocycles. The number of pyridine rings is 1. The Bertz CT molecular complexity index is 880. The Kier molecular flexibility index (Phi) is 3.08. The normalized spacial score (nSPS) is 15.0. The van der Waals surface area contributed by atoms with Crippen LogP contribution in [0.4, 0.5) is 0 Å². The zero-order valence-electron chi connectivity index (χ0n) is 12.3. The second-order valence-electron chi connectivity index (χ2n) is 5.48. The van der Waals surface area contributed by atoms with Crippen LogP contribution in [-0.4, -0.2) is 37.3 Å². The van der Waals surface area contributed by atoms with Crippen molar-refractivity contribution >= 4 is 22.4 Å². The predicted molar refractivity (Wildman–Crippen MR) is 88.0 cm³/mol. The predicted octanol–water partition coefficient (Wildman–Crippen LogP) is 2.72. The van der Waals surface area contributed by atoms with E-state index in [1.807, 2.05) is 41.3 Å². The maximum atomic E-state index is 10.3. The molecule has 6 heteroatoms. The van der Waals surface area contributed by atoms with Crippen LogP contribution < -0.4 is 0 Å². The Morgan fingerprint density at radius 1 is 1.17 bits per heavy atom. The van der Waals surface area contributed by atoms with Crippen LogP contribution >= 0.6 is 0 Å². The van der Waals surface area contributed by atoms with E-state index in [0.717, 1.165) is 16.6 Å². The van der Waals surface area contributed by atoms with Gasteiger partial charge in [-0.3, -0.25) is 10.4 Å². The molecule has 3 N–H and O–H groups in total. The number of aromatic amines is 1. The van der Waals surface area contributed by atoms with Gasteiger partial charge in [-0.15, -0.1) is 0 Å². The number of hydrogen-bond acceptors (Lipinski definition) is 4. The molecule has 1 aliphatic heterocycles. The number of imidazole rings is 1.